The number of rotatable bonds is 3. The first-order chi connectivity index (χ1) is 7.80. The normalized spacial score (nSPS) is 19.4. The molecule has 1 aliphatic rings. The maximum absolute atomic E-state index is 6.01. The molecule has 0 unspecified atom stereocenters. The van der Waals surface area contributed by atoms with Crippen molar-refractivity contribution in [2.75, 3.05) is 13.7 Å². The molecule has 0 aliphatic heterocycles. The Labute approximate surface area is 97.8 Å². The quantitative estimate of drug-likeness (QED) is 0.848. The number of hydrogen-bond acceptors (Lipinski definition) is 2. The molecule has 16 heavy (non-hydrogen) atoms. The zero-order valence-corrected chi connectivity index (χ0v) is 10.0. The molecule has 0 spiro atoms. The first kappa shape index (κ1) is 11.5. The molecule has 1 saturated carbocycles. The standard InChI is InChI=1S/C14H21NO/c1-16-13-7-5-12(6-8-13)14(11-15)9-3-2-4-10-14/h5-8H,2-4,9-11,15H2,1H3. The third-order valence-corrected chi connectivity index (χ3v) is 3.90. The Bertz CT molecular complexity index is 325. The molecule has 0 heterocycles. The molecule has 1 aromatic carbocycles. The average molecular weight is 219 g/mol. The molecule has 2 N–H and O–H groups in total. The van der Waals surface area contributed by atoms with Gasteiger partial charge in [-0.1, -0.05) is 31.4 Å². The minimum absolute atomic E-state index is 0.227. The molecule has 2 nitrogen and oxygen atoms in total. The van der Waals surface area contributed by atoms with Crippen molar-refractivity contribution in [2.45, 2.75) is 37.5 Å². The van der Waals surface area contributed by atoms with Gasteiger partial charge in [-0.2, -0.15) is 0 Å². The van der Waals surface area contributed by atoms with Crippen LogP contribution < -0.4 is 10.5 Å². The molecule has 2 heteroatoms. The fraction of sp³-hybridized carbons (Fsp3) is 0.571. The van der Waals surface area contributed by atoms with Gasteiger partial charge in [0.2, 0.25) is 0 Å². The summed E-state index contributed by atoms with van der Waals surface area (Å²) in [5.41, 5.74) is 7.62. The van der Waals surface area contributed by atoms with E-state index < -0.39 is 0 Å². The van der Waals surface area contributed by atoms with Crippen LogP contribution in [0.5, 0.6) is 5.75 Å². The van der Waals surface area contributed by atoms with Crippen LogP contribution in [-0.4, -0.2) is 13.7 Å². The van der Waals surface area contributed by atoms with E-state index in [4.69, 9.17) is 10.5 Å². The lowest BCUT2D eigenvalue weighted by atomic mass is 9.69. The second-order valence-electron chi connectivity index (χ2n) is 4.77. The predicted octanol–water partition coefficient (Wildman–Crippen LogP) is 2.86. The number of hydrogen-bond donors (Lipinski definition) is 1. The van der Waals surface area contributed by atoms with Gasteiger partial charge in [-0.15, -0.1) is 0 Å². The Kier molecular flexibility index (Phi) is 3.49. The number of nitrogens with two attached hydrogens (primary N) is 1. The molecule has 1 aliphatic carbocycles. The van der Waals surface area contributed by atoms with Crippen LogP contribution in [0.4, 0.5) is 0 Å². The van der Waals surface area contributed by atoms with Crippen LogP contribution in [0.2, 0.25) is 0 Å². The van der Waals surface area contributed by atoms with Crippen molar-refractivity contribution in [2.24, 2.45) is 5.73 Å². The fourth-order valence-electron chi connectivity index (χ4n) is 2.78. The lowest BCUT2D eigenvalue weighted by Crippen LogP contribution is -2.37. The summed E-state index contributed by atoms with van der Waals surface area (Å²) >= 11 is 0. The number of ether oxygens (including phenoxy) is 1. The van der Waals surface area contributed by atoms with Crippen LogP contribution in [0.3, 0.4) is 0 Å². The molecule has 0 bridgehead atoms. The van der Waals surface area contributed by atoms with Crippen molar-refractivity contribution in [3.8, 4) is 5.75 Å². The average Bonchev–Trinajstić information content (AvgIpc) is 2.39. The van der Waals surface area contributed by atoms with Crippen molar-refractivity contribution in [1.29, 1.82) is 0 Å². The minimum Gasteiger partial charge on any atom is -0.497 e. The van der Waals surface area contributed by atoms with Crippen molar-refractivity contribution in [3.05, 3.63) is 29.8 Å². The van der Waals surface area contributed by atoms with E-state index in [1.165, 1.54) is 37.7 Å². The Balaban J connectivity index is 2.24. The maximum Gasteiger partial charge on any atom is 0.118 e. The summed E-state index contributed by atoms with van der Waals surface area (Å²) < 4.78 is 5.19. The zero-order valence-electron chi connectivity index (χ0n) is 10.0. The summed E-state index contributed by atoms with van der Waals surface area (Å²) in [5, 5.41) is 0. The van der Waals surface area contributed by atoms with Crippen molar-refractivity contribution in [1.82, 2.24) is 0 Å². The van der Waals surface area contributed by atoms with E-state index in [2.05, 4.69) is 12.1 Å². The van der Waals surface area contributed by atoms with Gasteiger partial charge < -0.3 is 10.5 Å². The SMILES string of the molecule is COc1ccc(C2(CN)CCCCC2)cc1. The second kappa shape index (κ2) is 4.88. The Morgan fingerprint density at radius 3 is 2.25 bits per heavy atom. The Morgan fingerprint density at radius 1 is 1.12 bits per heavy atom. The summed E-state index contributed by atoms with van der Waals surface area (Å²) in [5.74, 6) is 0.923. The molecule has 0 radical (unpaired) electrons. The maximum atomic E-state index is 6.01. The summed E-state index contributed by atoms with van der Waals surface area (Å²) in [6.07, 6.45) is 6.44. The van der Waals surface area contributed by atoms with E-state index in [1.54, 1.807) is 7.11 Å². The van der Waals surface area contributed by atoms with Gasteiger partial charge in [-0.3, -0.25) is 0 Å². The smallest absolute Gasteiger partial charge is 0.118 e. The van der Waals surface area contributed by atoms with Crippen LogP contribution in [0, 0.1) is 0 Å². The van der Waals surface area contributed by atoms with E-state index in [-0.39, 0.29) is 5.41 Å². The lowest BCUT2D eigenvalue weighted by Gasteiger charge is -2.36. The van der Waals surface area contributed by atoms with Gasteiger partial charge in [0.05, 0.1) is 7.11 Å². The zero-order chi connectivity index (χ0) is 11.4. The molecule has 0 aromatic heterocycles. The molecular formula is C14H21NO. The minimum atomic E-state index is 0.227. The molecule has 1 fully saturated rings. The van der Waals surface area contributed by atoms with Gasteiger partial charge in [-0.05, 0) is 30.5 Å². The second-order valence-corrected chi connectivity index (χ2v) is 4.77. The third-order valence-electron chi connectivity index (χ3n) is 3.90. The van der Waals surface area contributed by atoms with Crippen molar-refractivity contribution >= 4 is 0 Å². The third kappa shape index (κ3) is 2.07. The number of benzene rings is 1. The molecule has 0 saturated heterocycles. The molecule has 0 amide bonds. The largest absolute Gasteiger partial charge is 0.497 e. The first-order valence-electron chi connectivity index (χ1n) is 6.15. The van der Waals surface area contributed by atoms with Gasteiger partial charge >= 0.3 is 0 Å². The van der Waals surface area contributed by atoms with Gasteiger partial charge in [0, 0.05) is 12.0 Å². The number of methoxy groups -OCH3 is 1. The first-order valence-corrected chi connectivity index (χ1v) is 6.15. The highest BCUT2D eigenvalue weighted by Gasteiger charge is 2.32. The van der Waals surface area contributed by atoms with E-state index in [9.17, 15) is 0 Å². The Hall–Kier alpha value is -1.02. The molecule has 1 aromatic rings. The van der Waals surface area contributed by atoms with E-state index in [0.29, 0.717) is 0 Å². The molecule has 0 atom stereocenters. The van der Waals surface area contributed by atoms with Crippen LogP contribution in [0.25, 0.3) is 0 Å². The summed E-state index contributed by atoms with van der Waals surface area (Å²) in [4.78, 5) is 0. The molecular weight excluding hydrogens is 198 g/mol. The Morgan fingerprint density at radius 2 is 1.75 bits per heavy atom. The highest BCUT2D eigenvalue weighted by molar-refractivity contribution is 5.33. The fourth-order valence-corrected chi connectivity index (χ4v) is 2.78. The topological polar surface area (TPSA) is 35.2 Å². The lowest BCUT2D eigenvalue weighted by molar-refractivity contribution is 0.300. The summed E-state index contributed by atoms with van der Waals surface area (Å²) in [6, 6.07) is 8.44. The van der Waals surface area contributed by atoms with Crippen LogP contribution in [-0.2, 0) is 5.41 Å². The van der Waals surface area contributed by atoms with E-state index >= 15 is 0 Å². The predicted molar refractivity (Wildman–Crippen MR) is 66.8 cm³/mol. The van der Waals surface area contributed by atoms with Crippen LogP contribution in [0.15, 0.2) is 24.3 Å². The highest BCUT2D eigenvalue weighted by atomic mass is 16.5. The van der Waals surface area contributed by atoms with Crippen LogP contribution >= 0.6 is 0 Å². The summed E-state index contributed by atoms with van der Waals surface area (Å²) in [6.45, 7) is 0.763. The summed E-state index contributed by atoms with van der Waals surface area (Å²) in [7, 11) is 1.70. The van der Waals surface area contributed by atoms with E-state index in [0.717, 1.165) is 12.3 Å². The van der Waals surface area contributed by atoms with Crippen molar-refractivity contribution < 1.29 is 4.74 Å². The monoisotopic (exact) mass is 219 g/mol. The van der Waals surface area contributed by atoms with Crippen LogP contribution in [0.1, 0.15) is 37.7 Å². The van der Waals surface area contributed by atoms with E-state index in [1.807, 2.05) is 12.1 Å². The van der Waals surface area contributed by atoms with Crippen molar-refractivity contribution in [3.63, 3.8) is 0 Å². The van der Waals surface area contributed by atoms with Gasteiger partial charge in [0.25, 0.3) is 0 Å². The molecule has 88 valence electrons. The van der Waals surface area contributed by atoms with Gasteiger partial charge in [-0.25, -0.2) is 0 Å². The highest BCUT2D eigenvalue weighted by Crippen LogP contribution is 2.38. The van der Waals surface area contributed by atoms with Gasteiger partial charge in [0.1, 0.15) is 5.75 Å². The van der Waals surface area contributed by atoms with Gasteiger partial charge in [0.15, 0.2) is 0 Å². The molecule has 2 rings (SSSR count).